The zero-order chi connectivity index (χ0) is 13.0. The minimum atomic E-state index is -0.252. The summed E-state index contributed by atoms with van der Waals surface area (Å²) in [6, 6.07) is 9.38. The number of nitrogens with one attached hydrogen (secondary N) is 1. The summed E-state index contributed by atoms with van der Waals surface area (Å²) < 4.78 is 0. The highest BCUT2D eigenvalue weighted by molar-refractivity contribution is 5.76. The van der Waals surface area contributed by atoms with E-state index in [1.54, 1.807) is 0 Å². The maximum Gasteiger partial charge on any atom is 0.221 e. The zero-order valence-corrected chi connectivity index (χ0v) is 10.4. The largest absolute Gasteiger partial charge is 0.393 e. The predicted octanol–water partition coefficient (Wildman–Crippen LogP) is 0.964. The van der Waals surface area contributed by atoms with Crippen LogP contribution in [0.25, 0.3) is 0 Å². The Bertz CT molecular complexity index is 388. The third kappa shape index (κ3) is 3.55. The van der Waals surface area contributed by atoms with Gasteiger partial charge < -0.3 is 16.2 Å². The third-order valence-electron chi connectivity index (χ3n) is 3.43. The summed E-state index contributed by atoms with van der Waals surface area (Å²) in [5, 5.41) is 12.0. The fourth-order valence-electron chi connectivity index (χ4n) is 2.22. The molecule has 1 aromatic carbocycles. The van der Waals surface area contributed by atoms with Crippen LogP contribution in [0.3, 0.4) is 0 Å². The standard InChI is InChI=1S/C14H20N2O2/c15-13(11-4-2-1-3-5-11)8-14(18)16-9-10-6-12(17)7-10/h1-5,10,12-13,17H,6-9,15H2,(H,16,18). The van der Waals surface area contributed by atoms with Gasteiger partial charge in [0.05, 0.1) is 6.10 Å². The normalized spacial score (nSPS) is 24.1. The predicted molar refractivity (Wildman–Crippen MR) is 69.7 cm³/mol. The van der Waals surface area contributed by atoms with Crippen molar-refractivity contribution < 1.29 is 9.90 Å². The van der Waals surface area contributed by atoms with Gasteiger partial charge in [0.15, 0.2) is 0 Å². The van der Waals surface area contributed by atoms with Gasteiger partial charge in [-0.1, -0.05) is 30.3 Å². The lowest BCUT2D eigenvalue weighted by Crippen LogP contribution is -2.39. The Balaban J connectivity index is 1.70. The lowest BCUT2D eigenvalue weighted by Gasteiger charge is -2.31. The fraction of sp³-hybridized carbons (Fsp3) is 0.500. The van der Waals surface area contributed by atoms with Gasteiger partial charge in [0.1, 0.15) is 0 Å². The Morgan fingerprint density at radius 1 is 1.39 bits per heavy atom. The second-order valence-electron chi connectivity index (χ2n) is 5.02. The number of nitrogens with two attached hydrogens (primary N) is 1. The van der Waals surface area contributed by atoms with Crippen molar-refractivity contribution in [3.05, 3.63) is 35.9 Å². The van der Waals surface area contributed by atoms with Crippen LogP contribution in [0.15, 0.2) is 30.3 Å². The molecule has 0 aromatic heterocycles. The van der Waals surface area contributed by atoms with Gasteiger partial charge >= 0.3 is 0 Å². The summed E-state index contributed by atoms with van der Waals surface area (Å²) in [5.74, 6) is 0.407. The molecule has 4 heteroatoms. The van der Waals surface area contributed by atoms with Crippen molar-refractivity contribution in [2.24, 2.45) is 11.7 Å². The van der Waals surface area contributed by atoms with Gasteiger partial charge in [-0.15, -0.1) is 0 Å². The van der Waals surface area contributed by atoms with E-state index in [0.717, 1.165) is 18.4 Å². The molecule has 4 N–H and O–H groups in total. The summed E-state index contributed by atoms with van der Waals surface area (Å²) in [5.41, 5.74) is 6.95. The molecule has 18 heavy (non-hydrogen) atoms. The van der Waals surface area contributed by atoms with E-state index >= 15 is 0 Å². The van der Waals surface area contributed by atoms with Crippen molar-refractivity contribution >= 4 is 5.91 Å². The molecular formula is C14H20N2O2. The third-order valence-corrected chi connectivity index (χ3v) is 3.43. The van der Waals surface area contributed by atoms with E-state index in [-0.39, 0.29) is 18.1 Å². The summed E-state index contributed by atoms with van der Waals surface area (Å²) in [6.45, 7) is 0.650. The molecule has 0 aliphatic heterocycles. The summed E-state index contributed by atoms with van der Waals surface area (Å²) in [6.07, 6.45) is 1.73. The lowest BCUT2D eigenvalue weighted by atomic mass is 9.82. The van der Waals surface area contributed by atoms with E-state index in [4.69, 9.17) is 10.8 Å². The van der Waals surface area contributed by atoms with Crippen molar-refractivity contribution in [3.8, 4) is 0 Å². The van der Waals surface area contributed by atoms with Crippen molar-refractivity contribution in [3.63, 3.8) is 0 Å². The Hall–Kier alpha value is -1.39. The zero-order valence-electron chi connectivity index (χ0n) is 10.4. The molecule has 0 spiro atoms. The molecule has 1 aliphatic carbocycles. The number of hydrogen-bond acceptors (Lipinski definition) is 3. The Morgan fingerprint density at radius 3 is 2.67 bits per heavy atom. The number of aliphatic hydroxyl groups is 1. The molecule has 1 saturated carbocycles. The van der Waals surface area contributed by atoms with Gasteiger partial charge in [0.2, 0.25) is 5.91 Å². The van der Waals surface area contributed by atoms with E-state index in [1.165, 1.54) is 0 Å². The van der Waals surface area contributed by atoms with E-state index in [2.05, 4.69) is 5.32 Å². The fourth-order valence-corrected chi connectivity index (χ4v) is 2.22. The maximum atomic E-state index is 11.7. The van der Waals surface area contributed by atoms with Crippen LogP contribution in [0.5, 0.6) is 0 Å². The summed E-state index contributed by atoms with van der Waals surface area (Å²) in [7, 11) is 0. The van der Waals surface area contributed by atoms with Crippen molar-refractivity contribution in [2.75, 3.05) is 6.54 Å². The van der Waals surface area contributed by atoms with Crippen LogP contribution in [0.2, 0.25) is 0 Å². The van der Waals surface area contributed by atoms with E-state index < -0.39 is 0 Å². The second kappa shape index (κ2) is 5.98. The first-order valence-electron chi connectivity index (χ1n) is 6.40. The molecule has 1 atom stereocenters. The molecule has 4 nitrogen and oxygen atoms in total. The van der Waals surface area contributed by atoms with Gasteiger partial charge in [-0.2, -0.15) is 0 Å². The van der Waals surface area contributed by atoms with Crippen molar-refractivity contribution in [1.82, 2.24) is 5.32 Å². The molecule has 0 radical (unpaired) electrons. The summed E-state index contributed by atoms with van der Waals surface area (Å²) in [4.78, 5) is 11.7. The van der Waals surface area contributed by atoms with Gasteiger partial charge in [0, 0.05) is 19.0 Å². The molecule has 1 fully saturated rings. The average molecular weight is 248 g/mol. The second-order valence-corrected chi connectivity index (χ2v) is 5.02. The van der Waals surface area contributed by atoms with Crippen LogP contribution in [-0.2, 0) is 4.79 Å². The number of hydrogen-bond donors (Lipinski definition) is 3. The van der Waals surface area contributed by atoms with Crippen molar-refractivity contribution in [1.29, 1.82) is 0 Å². The minimum Gasteiger partial charge on any atom is -0.393 e. The van der Waals surface area contributed by atoms with Crippen LogP contribution in [0.4, 0.5) is 0 Å². The number of carbonyl (C=O) groups excluding carboxylic acids is 1. The maximum absolute atomic E-state index is 11.7. The number of benzene rings is 1. The molecule has 2 rings (SSSR count). The SMILES string of the molecule is NC(CC(=O)NCC1CC(O)C1)c1ccccc1. The van der Waals surface area contributed by atoms with Crippen LogP contribution >= 0.6 is 0 Å². The molecule has 0 bridgehead atoms. The Morgan fingerprint density at radius 2 is 2.06 bits per heavy atom. The quantitative estimate of drug-likeness (QED) is 0.726. The van der Waals surface area contributed by atoms with Gasteiger partial charge in [-0.25, -0.2) is 0 Å². The molecular weight excluding hydrogens is 228 g/mol. The molecule has 1 unspecified atom stereocenters. The van der Waals surface area contributed by atoms with Gasteiger partial charge in [-0.05, 0) is 24.3 Å². The smallest absolute Gasteiger partial charge is 0.221 e. The molecule has 0 heterocycles. The van der Waals surface area contributed by atoms with Crippen LogP contribution in [0.1, 0.15) is 30.9 Å². The average Bonchev–Trinajstić information content (AvgIpc) is 2.34. The van der Waals surface area contributed by atoms with E-state index in [0.29, 0.717) is 18.9 Å². The van der Waals surface area contributed by atoms with E-state index in [1.807, 2.05) is 30.3 Å². The van der Waals surface area contributed by atoms with Crippen LogP contribution in [0, 0.1) is 5.92 Å². The molecule has 0 saturated heterocycles. The number of rotatable bonds is 5. The van der Waals surface area contributed by atoms with Crippen LogP contribution < -0.4 is 11.1 Å². The number of carbonyl (C=O) groups is 1. The Kier molecular flexibility index (Phi) is 4.33. The van der Waals surface area contributed by atoms with E-state index in [9.17, 15) is 4.79 Å². The first kappa shape index (κ1) is 13.1. The molecule has 1 aromatic rings. The number of amides is 1. The molecule has 98 valence electrons. The Labute approximate surface area is 107 Å². The molecule has 1 amide bonds. The molecule has 1 aliphatic rings. The first-order valence-corrected chi connectivity index (χ1v) is 6.40. The van der Waals surface area contributed by atoms with Crippen LogP contribution in [-0.4, -0.2) is 23.7 Å². The van der Waals surface area contributed by atoms with Crippen molar-refractivity contribution in [2.45, 2.75) is 31.4 Å². The first-order chi connectivity index (χ1) is 8.65. The highest BCUT2D eigenvalue weighted by atomic mass is 16.3. The lowest BCUT2D eigenvalue weighted by molar-refractivity contribution is -0.122. The topological polar surface area (TPSA) is 75.4 Å². The van der Waals surface area contributed by atoms with Gasteiger partial charge in [-0.3, -0.25) is 4.79 Å². The monoisotopic (exact) mass is 248 g/mol. The number of aliphatic hydroxyl groups excluding tert-OH is 1. The summed E-state index contributed by atoms with van der Waals surface area (Å²) >= 11 is 0. The highest BCUT2D eigenvalue weighted by Gasteiger charge is 2.27. The highest BCUT2D eigenvalue weighted by Crippen LogP contribution is 2.26. The minimum absolute atomic E-state index is 0.0206. The van der Waals surface area contributed by atoms with Gasteiger partial charge in [0.25, 0.3) is 0 Å².